The molecular weight excluding hydrogens is 540 g/mol. The Balaban J connectivity index is 0.000000165. The third kappa shape index (κ3) is 4.88. The number of halogens is 1. The Hall–Kier alpha value is -2.16. The second-order valence-electron chi connectivity index (χ2n) is 13.9. The number of aliphatic hydroxyl groups is 2. The minimum absolute atomic E-state index is 0.0671. The lowest BCUT2D eigenvalue weighted by atomic mass is 9.48. The van der Waals surface area contributed by atoms with Crippen molar-refractivity contribution in [2.24, 2.45) is 5.92 Å². The fraction of sp³-hybridized carbons (Fsp3) is 0.606. The van der Waals surface area contributed by atoms with Crippen LogP contribution < -0.4 is 10.1 Å². The number of benzene rings is 2. The summed E-state index contributed by atoms with van der Waals surface area (Å²) in [5.41, 5.74) is 1.29. The molecule has 8 heteroatoms. The van der Waals surface area contributed by atoms with Crippen LogP contribution in [0.15, 0.2) is 36.4 Å². The van der Waals surface area contributed by atoms with Gasteiger partial charge in [0.05, 0.1) is 23.2 Å². The molecule has 3 aliphatic carbocycles. The molecule has 2 saturated carbocycles. The van der Waals surface area contributed by atoms with Crippen LogP contribution in [0.5, 0.6) is 11.5 Å². The van der Waals surface area contributed by atoms with Crippen LogP contribution in [-0.4, -0.2) is 74.5 Å². The molecule has 3 fully saturated rings. The zero-order chi connectivity index (χ0) is 29.3. The van der Waals surface area contributed by atoms with E-state index in [0.29, 0.717) is 29.2 Å². The average Bonchev–Trinajstić information content (AvgIpc) is 3.65. The number of Topliss-reactive ketones (excluding diaryl/α,β-unsaturated/α-hetero) is 1. The van der Waals surface area contributed by atoms with Crippen molar-refractivity contribution in [3.63, 3.8) is 0 Å². The Morgan fingerprint density at radius 2 is 1.95 bits per heavy atom. The molecule has 1 saturated heterocycles. The lowest BCUT2D eigenvalue weighted by Gasteiger charge is -2.63. The van der Waals surface area contributed by atoms with Crippen LogP contribution in [0, 0.1) is 5.92 Å². The Morgan fingerprint density at radius 1 is 1.20 bits per heavy atom. The van der Waals surface area contributed by atoms with Crippen LogP contribution in [0.2, 0.25) is 5.02 Å². The van der Waals surface area contributed by atoms with Crippen molar-refractivity contribution in [1.29, 1.82) is 0 Å². The van der Waals surface area contributed by atoms with E-state index in [-0.39, 0.29) is 29.2 Å². The first kappa shape index (κ1) is 28.9. The van der Waals surface area contributed by atoms with Crippen molar-refractivity contribution in [3.8, 4) is 11.5 Å². The maximum Gasteiger partial charge on any atom is 0.179 e. The highest BCUT2D eigenvalue weighted by molar-refractivity contribution is 6.31. The molecule has 2 aliphatic heterocycles. The third-order valence-corrected chi connectivity index (χ3v) is 10.1. The van der Waals surface area contributed by atoms with E-state index < -0.39 is 23.2 Å². The van der Waals surface area contributed by atoms with Crippen LogP contribution in [0.1, 0.15) is 81.3 Å². The van der Waals surface area contributed by atoms with Gasteiger partial charge in [0.2, 0.25) is 0 Å². The minimum Gasteiger partial charge on any atom is -0.504 e. The van der Waals surface area contributed by atoms with Gasteiger partial charge in [0, 0.05) is 34.3 Å². The highest BCUT2D eigenvalue weighted by Crippen LogP contribution is 2.65. The van der Waals surface area contributed by atoms with Gasteiger partial charge in [-0.3, -0.25) is 9.69 Å². The van der Waals surface area contributed by atoms with Crippen LogP contribution in [0.25, 0.3) is 0 Å². The van der Waals surface area contributed by atoms with E-state index in [4.69, 9.17) is 16.3 Å². The molecule has 0 aromatic heterocycles. The number of phenols is 1. The monoisotopic (exact) mass is 582 g/mol. The van der Waals surface area contributed by atoms with E-state index in [0.717, 1.165) is 37.4 Å². The molecule has 2 bridgehead atoms. The number of rotatable bonds is 5. The van der Waals surface area contributed by atoms with Gasteiger partial charge in [0.25, 0.3) is 0 Å². The number of piperidine rings is 1. The van der Waals surface area contributed by atoms with Crippen molar-refractivity contribution in [1.82, 2.24) is 10.2 Å². The number of aromatic hydroxyl groups is 1. The topological polar surface area (TPSA) is 102 Å². The molecule has 1 unspecified atom stereocenters. The lowest BCUT2D eigenvalue weighted by Crippen LogP contribution is -2.77. The number of hydrogen-bond acceptors (Lipinski definition) is 7. The smallest absolute Gasteiger partial charge is 0.179 e. The van der Waals surface area contributed by atoms with Gasteiger partial charge in [-0.05, 0) is 102 Å². The SMILES string of the molecule is CC(NC(C)(C)C)C(=O)c1cccc(Cl)c1.Oc1ccc2c3c1O[C@H]1[C@H](O)CC[C@@]4(O)[C@@H](C2)N(CC2CC2)CC[C@]314. The molecule has 2 aromatic rings. The Morgan fingerprint density at radius 3 is 2.63 bits per heavy atom. The number of aliphatic hydroxyl groups excluding tert-OH is 1. The number of nitrogens with one attached hydrogen (secondary N) is 1. The Labute approximate surface area is 247 Å². The Bertz CT molecular complexity index is 1340. The van der Waals surface area contributed by atoms with Crippen LogP contribution in [0.3, 0.4) is 0 Å². The molecule has 0 amide bonds. The first-order chi connectivity index (χ1) is 19.3. The van der Waals surface area contributed by atoms with Gasteiger partial charge < -0.3 is 25.4 Å². The van der Waals surface area contributed by atoms with Gasteiger partial charge in [0.15, 0.2) is 17.3 Å². The first-order valence-electron chi connectivity index (χ1n) is 15.1. The summed E-state index contributed by atoms with van der Waals surface area (Å²) in [6.45, 7) is 9.99. The molecular formula is C33H43ClN2O5. The summed E-state index contributed by atoms with van der Waals surface area (Å²) in [5, 5.41) is 36.9. The number of ketones is 1. The number of carbonyl (C=O) groups is 1. The van der Waals surface area contributed by atoms with E-state index in [1.807, 2.05) is 33.8 Å². The van der Waals surface area contributed by atoms with Crippen LogP contribution in [0.4, 0.5) is 0 Å². The molecule has 2 aromatic carbocycles. The predicted octanol–water partition coefficient (Wildman–Crippen LogP) is 4.62. The summed E-state index contributed by atoms with van der Waals surface area (Å²) < 4.78 is 6.14. The second-order valence-corrected chi connectivity index (χ2v) is 14.3. The zero-order valence-corrected chi connectivity index (χ0v) is 25.2. The van der Waals surface area contributed by atoms with E-state index in [1.54, 1.807) is 30.3 Å². The van der Waals surface area contributed by atoms with Crippen LogP contribution >= 0.6 is 11.6 Å². The number of phenolic OH excluding ortho intramolecular Hbond substituents is 1. The second kappa shape index (κ2) is 10.2. The fourth-order valence-electron chi connectivity index (χ4n) is 8.06. The minimum atomic E-state index is -0.879. The van der Waals surface area contributed by atoms with E-state index in [1.165, 1.54) is 18.4 Å². The van der Waals surface area contributed by atoms with E-state index in [2.05, 4.69) is 10.2 Å². The van der Waals surface area contributed by atoms with Gasteiger partial charge in [-0.1, -0.05) is 29.8 Å². The summed E-state index contributed by atoms with van der Waals surface area (Å²) >= 11 is 5.85. The standard InChI is InChI=1S/C20H25NO4.C13H18ClNO/c22-13-4-3-12-9-15-20(24)6-5-14(23)18-19(20,16(12)17(13)25-18)7-8-21(15)10-11-1-2-11;1-9(15-13(2,3)4)12(16)10-6-5-7-11(14)8-10/h3-4,11,14-15,18,22-24H,1-2,5-10H2;5-9,15H,1-4H3/t14-,15-,18+,19+,20-;/m1./s1. The molecule has 6 atom stereocenters. The first-order valence-corrected chi connectivity index (χ1v) is 15.5. The number of hydrogen-bond donors (Lipinski definition) is 4. The lowest BCUT2D eigenvalue weighted by molar-refractivity contribution is -0.208. The molecule has 41 heavy (non-hydrogen) atoms. The highest BCUT2D eigenvalue weighted by Gasteiger charge is 2.72. The van der Waals surface area contributed by atoms with Gasteiger partial charge in [-0.15, -0.1) is 0 Å². The maximum atomic E-state index is 12.1. The molecule has 7 nitrogen and oxygen atoms in total. The van der Waals surface area contributed by atoms with Crippen molar-refractivity contribution in [2.75, 3.05) is 13.1 Å². The maximum absolute atomic E-state index is 12.1. The van der Waals surface area contributed by atoms with Gasteiger partial charge in [-0.2, -0.15) is 0 Å². The van der Waals surface area contributed by atoms with Crippen molar-refractivity contribution >= 4 is 17.4 Å². The largest absolute Gasteiger partial charge is 0.504 e. The van der Waals surface area contributed by atoms with Crippen molar-refractivity contribution in [2.45, 2.75) is 107 Å². The third-order valence-electron chi connectivity index (χ3n) is 9.88. The molecule has 5 aliphatic rings. The highest BCUT2D eigenvalue weighted by atomic mass is 35.5. The molecule has 222 valence electrons. The molecule has 4 N–H and O–H groups in total. The van der Waals surface area contributed by atoms with Gasteiger partial charge in [0.1, 0.15) is 6.10 Å². The zero-order valence-electron chi connectivity index (χ0n) is 24.5. The average molecular weight is 583 g/mol. The molecule has 0 radical (unpaired) electrons. The predicted molar refractivity (Wildman–Crippen MR) is 159 cm³/mol. The fourth-order valence-corrected chi connectivity index (χ4v) is 8.25. The normalized spacial score (nSPS) is 32.3. The van der Waals surface area contributed by atoms with E-state index in [9.17, 15) is 20.1 Å². The number of ether oxygens (including phenoxy) is 1. The van der Waals surface area contributed by atoms with Crippen molar-refractivity contribution in [3.05, 3.63) is 58.1 Å². The van der Waals surface area contributed by atoms with Gasteiger partial charge >= 0.3 is 0 Å². The molecule has 1 spiro atoms. The summed E-state index contributed by atoms with van der Waals surface area (Å²) in [5.74, 6) is 1.50. The van der Waals surface area contributed by atoms with Gasteiger partial charge in [-0.25, -0.2) is 0 Å². The van der Waals surface area contributed by atoms with Crippen LogP contribution in [-0.2, 0) is 11.8 Å². The van der Waals surface area contributed by atoms with Crippen molar-refractivity contribution < 1.29 is 24.9 Å². The number of nitrogens with zero attached hydrogens (tertiary/aromatic N) is 1. The quantitative estimate of drug-likeness (QED) is 0.382. The number of carbonyl (C=O) groups excluding carboxylic acids is 1. The molecule has 2 heterocycles. The summed E-state index contributed by atoms with van der Waals surface area (Å²) in [4.78, 5) is 14.6. The number of likely N-dealkylation sites (tertiary alicyclic amines) is 1. The summed E-state index contributed by atoms with van der Waals surface area (Å²) in [7, 11) is 0. The van der Waals surface area contributed by atoms with E-state index >= 15 is 0 Å². The summed E-state index contributed by atoms with van der Waals surface area (Å²) in [6, 6.07) is 10.6. The molecule has 7 rings (SSSR count). The Kier molecular flexibility index (Phi) is 7.22. The summed E-state index contributed by atoms with van der Waals surface area (Å²) in [6.07, 6.45) is 4.35.